The van der Waals surface area contributed by atoms with Gasteiger partial charge in [0.05, 0.1) is 10.3 Å². The number of carbonyl (C=O) groups is 2. The normalized spacial score (nSPS) is 21.9. The minimum Gasteiger partial charge on any atom is -0.481 e. The molecule has 4 nitrogen and oxygen atoms in total. The number of hydrogen-bond donors (Lipinski definition) is 1. The van der Waals surface area contributed by atoms with Gasteiger partial charge in [-0.15, -0.1) is 11.3 Å². The maximum absolute atomic E-state index is 12.7. The van der Waals surface area contributed by atoms with Crippen LogP contribution in [-0.2, 0) is 4.79 Å². The minimum absolute atomic E-state index is 0.0429. The van der Waals surface area contributed by atoms with Crippen molar-refractivity contribution in [1.29, 1.82) is 0 Å². The van der Waals surface area contributed by atoms with Crippen LogP contribution >= 0.6 is 11.3 Å². The highest BCUT2D eigenvalue weighted by Crippen LogP contribution is 2.35. The summed E-state index contributed by atoms with van der Waals surface area (Å²) in [4.78, 5) is 26.4. The molecule has 2 heterocycles. The third-order valence-electron chi connectivity index (χ3n) is 4.31. The number of aryl methyl sites for hydroxylation is 1. The number of carboxylic acid groups (broad SMARTS) is 1. The van der Waals surface area contributed by atoms with Gasteiger partial charge in [0.15, 0.2) is 0 Å². The van der Waals surface area contributed by atoms with Gasteiger partial charge < -0.3 is 10.0 Å². The lowest BCUT2D eigenvalue weighted by Gasteiger charge is -2.20. The molecular weight excluding hydrogens is 286 g/mol. The zero-order valence-electron chi connectivity index (χ0n) is 12.0. The summed E-state index contributed by atoms with van der Waals surface area (Å²) in [5.41, 5.74) is 0.171. The average Bonchev–Trinajstić information content (AvgIpc) is 3.01. The number of nitrogens with zero attached hydrogens (tertiary/aromatic N) is 1. The highest BCUT2D eigenvalue weighted by Gasteiger charge is 2.42. The van der Waals surface area contributed by atoms with Crippen LogP contribution in [0.1, 0.15) is 28.6 Å². The van der Waals surface area contributed by atoms with Gasteiger partial charge in [-0.1, -0.05) is 18.2 Å². The van der Waals surface area contributed by atoms with Crippen LogP contribution in [0.15, 0.2) is 24.3 Å². The maximum Gasteiger partial charge on any atom is 0.311 e. The topological polar surface area (TPSA) is 57.6 Å². The van der Waals surface area contributed by atoms with E-state index in [9.17, 15) is 14.7 Å². The number of hydrogen-bond acceptors (Lipinski definition) is 3. The second-order valence-corrected chi connectivity index (χ2v) is 6.95. The highest BCUT2D eigenvalue weighted by molar-refractivity contribution is 7.21. The van der Waals surface area contributed by atoms with Crippen LogP contribution in [-0.4, -0.2) is 35.0 Å². The number of benzene rings is 1. The van der Waals surface area contributed by atoms with Gasteiger partial charge in [0.1, 0.15) is 0 Å². The van der Waals surface area contributed by atoms with Gasteiger partial charge in [-0.3, -0.25) is 9.59 Å². The Morgan fingerprint density at radius 3 is 2.67 bits per heavy atom. The molecule has 21 heavy (non-hydrogen) atoms. The first-order valence-electron chi connectivity index (χ1n) is 6.93. The van der Waals surface area contributed by atoms with Crippen LogP contribution in [0.4, 0.5) is 0 Å². The fourth-order valence-corrected chi connectivity index (χ4v) is 4.01. The van der Waals surface area contributed by atoms with Gasteiger partial charge in [0.2, 0.25) is 0 Å². The van der Waals surface area contributed by atoms with Crippen LogP contribution in [0.25, 0.3) is 10.1 Å². The molecule has 1 N–H and O–H groups in total. The van der Waals surface area contributed by atoms with E-state index in [1.807, 2.05) is 31.2 Å². The first kappa shape index (κ1) is 14.1. The van der Waals surface area contributed by atoms with E-state index in [4.69, 9.17) is 0 Å². The summed E-state index contributed by atoms with van der Waals surface area (Å²) in [5.74, 6) is -0.871. The van der Waals surface area contributed by atoms with E-state index >= 15 is 0 Å². The quantitative estimate of drug-likeness (QED) is 0.927. The number of aliphatic carboxylic acids is 1. The Hall–Kier alpha value is -1.88. The standard InChI is InChI=1S/C16H17NO3S/c1-10-11-5-3-4-6-12(11)21-13(10)14(18)17-8-7-16(2,9-17)15(19)20/h3-6H,7-9H2,1-2H3,(H,19,20). The largest absolute Gasteiger partial charge is 0.481 e. The fraction of sp³-hybridized carbons (Fsp3) is 0.375. The van der Waals surface area contributed by atoms with Crippen molar-refractivity contribution in [2.45, 2.75) is 20.3 Å². The zero-order valence-corrected chi connectivity index (χ0v) is 12.9. The fourth-order valence-electron chi connectivity index (χ4n) is 2.83. The first-order valence-corrected chi connectivity index (χ1v) is 7.75. The molecule has 1 aromatic carbocycles. The molecule has 1 aliphatic heterocycles. The third kappa shape index (κ3) is 2.21. The van der Waals surface area contributed by atoms with Crippen molar-refractivity contribution in [1.82, 2.24) is 4.90 Å². The third-order valence-corrected chi connectivity index (χ3v) is 5.58. The molecule has 2 aromatic rings. The number of carbonyl (C=O) groups excluding carboxylic acids is 1. The van der Waals surface area contributed by atoms with E-state index in [2.05, 4.69) is 0 Å². The lowest BCUT2D eigenvalue weighted by Crippen LogP contribution is -2.34. The first-order chi connectivity index (χ1) is 9.92. The molecule has 0 bridgehead atoms. The summed E-state index contributed by atoms with van der Waals surface area (Å²) in [6.07, 6.45) is 0.512. The number of amides is 1. The lowest BCUT2D eigenvalue weighted by molar-refractivity contribution is -0.147. The number of thiophene rings is 1. The van der Waals surface area contributed by atoms with Gasteiger partial charge in [0.25, 0.3) is 5.91 Å². The molecule has 1 amide bonds. The molecule has 3 rings (SSSR count). The minimum atomic E-state index is -0.828. The maximum atomic E-state index is 12.7. The number of carboxylic acids is 1. The van der Waals surface area contributed by atoms with Crippen molar-refractivity contribution in [2.24, 2.45) is 5.41 Å². The van der Waals surface area contributed by atoms with Gasteiger partial charge in [0, 0.05) is 17.8 Å². The van der Waals surface area contributed by atoms with Crippen LogP contribution in [0.3, 0.4) is 0 Å². The van der Waals surface area contributed by atoms with Gasteiger partial charge in [-0.2, -0.15) is 0 Å². The van der Waals surface area contributed by atoms with E-state index in [0.717, 1.165) is 20.5 Å². The molecule has 0 aliphatic carbocycles. The average molecular weight is 303 g/mol. The van der Waals surface area contributed by atoms with Crippen LogP contribution in [0.5, 0.6) is 0 Å². The summed E-state index contributed by atoms with van der Waals surface area (Å²) in [5, 5.41) is 10.4. The van der Waals surface area contributed by atoms with Crippen molar-refractivity contribution >= 4 is 33.3 Å². The van der Waals surface area contributed by atoms with E-state index in [1.54, 1.807) is 11.8 Å². The Balaban J connectivity index is 1.92. The van der Waals surface area contributed by atoms with Crippen LogP contribution < -0.4 is 0 Å². The molecular formula is C16H17NO3S. The summed E-state index contributed by atoms with van der Waals surface area (Å²) in [6.45, 7) is 4.46. The van der Waals surface area contributed by atoms with E-state index in [1.165, 1.54) is 11.3 Å². The molecule has 1 aliphatic rings. The Morgan fingerprint density at radius 1 is 1.33 bits per heavy atom. The van der Waals surface area contributed by atoms with Gasteiger partial charge in [-0.25, -0.2) is 0 Å². The van der Waals surface area contributed by atoms with Gasteiger partial charge in [-0.05, 0) is 37.3 Å². The summed E-state index contributed by atoms with van der Waals surface area (Å²) >= 11 is 1.49. The zero-order chi connectivity index (χ0) is 15.2. The molecule has 5 heteroatoms. The van der Waals surface area contributed by atoms with Crippen molar-refractivity contribution in [3.05, 3.63) is 34.7 Å². The van der Waals surface area contributed by atoms with Crippen molar-refractivity contribution in [2.75, 3.05) is 13.1 Å². The van der Waals surface area contributed by atoms with Crippen LogP contribution in [0, 0.1) is 12.3 Å². The summed E-state index contributed by atoms with van der Waals surface area (Å²) < 4.78 is 1.10. The monoisotopic (exact) mass is 303 g/mol. The second kappa shape index (κ2) is 4.84. The molecule has 1 atom stereocenters. The van der Waals surface area contributed by atoms with E-state index < -0.39 is 11.4 Å². The molecule has 1 fully saturated rings. The number of fused-ring (bicyclic) bond motifs is 1. The Morgan fingerprint density at radius 2 is 2.05 bits per heavy atom. The van der Waals surface area contributed by atoms with Crippen LogP contribution in [0.2, 0.25) is 0 Å². The smallest absolute Gasteiger partial charge is 0.311 e. The SMILES string of the molecule is Cc1c(C(=O)N2CCC(C)(C(=O)O)C2)sc2ccccc12. The highest BCUT2D eigenvalue weighted by atomic mass is 32.1. The Kier molecular flexibility index (Phi) is 3.24. The molecule has 110 valence electrons. The molecule has 1 saturated heterocycles. The summed E-state index contributed by atoms with van der Waals surface area (Å²) in [6, 6.07) is 7.95. The number of rotatable bonds is 2. The van der Waals surface area contributed by atoms with Crippen molar-refractivity contribution in [3.63, 3.8) is 0 Å². The summed E-state index contributed by atoms with van der Waals surface area (Å²) in [7, 11) is 0. The molecule has 0 spiro atoms. The second-order valence-electron chi connectivity index (χ2n) is 5.89. The van der Waals surface area contributed by atoms with Gasteiger partial charge >= 0.3 is 5.97 Å². The predicted octanol–water partition coefficient (Wildman–Crippen LogP) is 3.15. The Labute approximate surface area is 127 Å². The molecule has 1 aromatic heterocycles. The van der Waals surface area contributed by atoms with Crippen molar-refractivity contribution < 1.29 is 14.7 Å². The number of likely N-dealkylation sites (tertiary alicyclic amines) is 1. The van der Waals surface area contributed by atoms with Crippen molar-refractivity contribution in [3.8, 4) is 0 Å². The van der Waals surface area contributed by atoms with E-state index in [0.29, 0.717) is 13.0 Å². The molecule has 0 radical (unpaired) electrons. The Bertz CT molecular complexity index is 736. The lowest BCUT2D eigenvalue weighted by atomic mass is 9.90. The van der Waals surface area contributed by atoms with E-state index in [-0.39, 0.29) is 12.5 Å². The molecule has 0 saturated carbocycles. The predicted molar refractivity (Wildman–Crippen MR) is 82.8 cm³/mol. The molecule has 1 unspecified atom stereocenters.